The maximum absolute atomic E-state index is 13.4. The Morgan fingerprint density at radius 2 is 1.36 bits per heavy atom. The molecule has 2 fully saturated rings. The zero-order valence-electron chi connectivity index (χ0n) is 24.3. The Kier molecular flexibility index (Phi) is 11.0. The highest BCUT2D eigenvalue weighted by Gasteiger charge is 2.37. The van der Waals surface area contributed by atoms with Crippen LogP contribution in [0.4, 0.5) is 21.0 Å². The molecule has 2 heterocycles. The minimum atomic E-state index is -0.864. The fraction of sp³-hybridized carbons (Fsp3) is 0.393. The highest BCUT2D eigenvalue weighted by Crippen LogP contribution is 2.23. The first-order chi connectivity index (χ1) is 21.5. The second-order valence-electron chi connectivity index (χ2n) is 10.3. The Bertz CT molecular complexity index is 1480. The summed E-state index contributed by atoms with van der Waals surface area (Å²) in [6.45, 7) is 3.54. The summed E-state index contributed by atoms with van der Waals surface area (Å²) in [5, 5.41) is 21.4. The Balaban J connectivity index is 1.23. The number of non-ortho nitro benzene ring substituents is 2. The number of hydrogen-bond donors (Lipinski definition) is 1. The molecule has 0 unspecified atom stereocenters. The van der Waals surface area contributed by atoms with Gasteiger partial charge in [-0.25, -0.2) is 9.59 Å². The van der Waals surface area contributed by atoms with Crippen LogP contribution < -0.4 is 0 Å². The highest BCUT2D eigenvalue weighted by atomic mass is 32.1. The number of carbonyl (C=O) groups excluding carboxylic acids is 3. The fourth-order valence-corrected chi connectivity index (χ4v) is 5.17. The number of likely N-dealkylation sites (tertiary alicyclic amines) is 1. The zero-order valence-corrected chi connectivity index (χ0v) is 25.2. The van der Waals surface area contributed by atoms with Gasteiger partial charge >= 0.3 is 12.2 Å². The maximum Gasteiger partial charge on any atom is 0.435 e. The molecule has 4 rings (SSSR count). The van der Waals surface area contributed by atoms with Crippen molar-refractivity contribution in [1.82, 2.24) is 14.7 Å². The second-order valence-corrected chi connectivity index (χ2v) is 11.0. The van der Waals surface area contributed by atoms with Crippen LogP contribution in [0.2, 0.25) is 0 Å². The Morgan fingerprint density at radius 1 is 0.867 bits per heavy atom. The molecule has 0 bridgehead atoms. The van der Waals surface area contributed by atoms with Gasteiger partial charge < -0.3 is 24.2 Å². The maximum atomic E-state index is 13.4. The molecule has 2 aliphatic rings. The van der Waals surface area contributed by atoms with Gasteiger partial charge in [0, 0.05) is 62.2 Å². The number of benzene rings is 2. The van der Waals surface area contributed by atoms with Gasteiger partial charge in [0.2, 0.25) is 5.91 Å². The molecule has 0 aliphatic carbocycles. The summed E-state index contributed by atoms with van der Waals surface area (Å²) in [5.74, 6) is 0.307. The molecule has 2 aromatic rings. The molecule has 17 heteroatoms. The summed E-state index contributed by atoms with van der Waals surface area (Å²) in [7, 11) is 0. The number of hydrogen-bond acceptors (Lipinski definition) is 10. The van der Waals surface area contributed by atoms with Crippen LogP contribution in [-0.2, 0) is 27.5 Å². The van der Waals surface area contributed by atoms with Gasteiger partial charge in [0.1, 0.15) is 25.1 Å². The van der Waals surface area contributed by atoms with E-state index in [2.05, 4.69) is 22.6 Å². The van der Waals surface area contributed by atoms with E-state index in [0.717, 1.165) is 0 Å². The standard InChI is InChI=1S/C28H31N7O9S/c1-19(30-28(38)44-17-21-4-8-23(9-5-21)35(41)42)31-10-12-32(13-11-31)26(36)25-14-24(45)15-33(25)18-29-27(37)43-16-20-2-6-22(7-3-20)34(39)40/h2-9,18,24-25,45H,10-17H2,1H3/t24-,25-/m0/s1. The van der Waals surface area contributed by atoms with Crippen molar-refractivity contribution in [2.24, 2.45) is 9.98 Å². The first-order valence-electron chi connectivity index (χ1n) is 13.9. The molecule has 45 heavy (non-hydrogen) atoms. The summed E-state index contributed by atoms with van der Waals surface area (Å²) < 4.78 is 10.3. The first-order valence-corrected chi connectivity index (χ1v) is 14.4. The number of piperazine rings is 1. The van der Waals surface area contributed by atoms with Crippen LogP contribution in [0.25, 0.3) is 0 Å². The van der Waals surface area contributed by atoms with E-state index in [1.807, 2.05) is 4.90 Å². The van der Waals surface area contributed by atoms with Gasteiger partial charge in [-0.15, -0.1) is 0 Å². The van der Waals surface area contributed by atoms with Crippen molar-refractivity contribution < 1.29 is 33.7 Å². The lowest BCUT2D eigenvalue weighted by atomic mass is 10.1. The van der Waals surface area contributed by atoms with Crippen molar-refractivity contribution in [2.75, 3.05) is 32.7 Å². The molecule has 0 saturated carbocycles. The zero-order chi connectivity index (χ0) is 32.5. The molecule has 0 radical (unpaired) electrons. The average Bonchev–Trinajstić information content (AvgIpc) is 3.42. The van der Waals surface area contributed by atoms with E-state index >= 15 is 0 Å². The van der Waals surface area contributed by atoms with Gasteiger partial charge in [0.05, 0.1) is 16.2 Å². The van der Waals surface area contributed by atoms with E-state index < -0.39 is 28.1 Å². The van der Waals surface area contributed by atoms with Crippen LogP contribution in [0.5, 0.6) is 0 Å². The summed E-state index contributed by atoms with van der Waals surface area (Å²) in [6, 6.07) is 10.7. The number of carbonyl (C=O) groups is 3. The molecule has 0 spiro atoms. The summed E-state index contributed by atoms with van der Waals surface area (Å²) in [5.41, 5.74) is 1.02. The number of ether oxygens (including phenoxy) is 2. The highest BCUT2D eigenvalue weighted by molar-refractivity contribution is 7.81. The molecule has 0 N–H and O–H groups in total. The number of nitro groups is 2. The van der Waals surface area contributed by atoms with Gasteiger partial charge in [-0.2, -0.15) is 22.6 Å². The molecule has 3 amide bonds. The number of thiol groups is 1. The van der Waals surface area contributed by atoms with Crippen molar-refractivity contribution >= 4 is 54.3 Å². The average molecular weight is 642 g/mol. The lowest BCUT2D eigenvalue weighted by molar-refractivity contribution is -0.385. The van der Waals surface area contributed by atoms with Gasteiger partial charge in [-0.1, -0.05) is 0 Å². The summed E-state index contributed by atoms with van der Waals surface area (Å²) in [6.07, 6.45) is 0.0903. The lowest BCUT2D eigenvalue weighted by Gasteiger charge is -2.37. The van der Waals surface area contributed by atoms with E-state index in [-0.39, 0.29) is 35.7 Å². The van der Waals surface area contributed by atoms with Crippen molar-refractivity contribution in [3.8, 4) is 0 Å². The van der Waals surface area contributed by atoms with Gasteiger partial charge in [-0.3, -0.25) is 25.0 Å². The molecule has 2 aromatic carbocycles. The van der Waals surface area contributed by atoms with Crippen LogP contribution in [-0.4, -0.2) is 98.8 Å². The Morgan fingerprint density at radius 3 is 1.87 bits per heavy atom. The number of amides is 3. The normalized spacial score (nSPS) is 18.6. The van der Waals surface area contributed by atoms with E-state index in [1.54, 1.807) is 16.7 Å². The summed E-state index contributed by atoms with van der Waals surface area (Å²) >= 11 is 4.52. The van der Waals surface area contributed by atoms with Gasteiger partial charge in [0.15, 0.2) is 0 Å². The molecule has 2 atom stereocenters. The Hall–Kier alpha value is -5.06. The number of amidine groups is 1. The monoisotopic (exact) mass is 641 g/mol. The third kappa shape index (κ3) is 9.21. The van der Waals surface area contributed by atoms with Crippen LogP contribution >= 0.6 is 12.6 Å². The second kappa shape index (κ2) is 15.1. The van der Waals surface area contributed by atoms with Crippen molar-refractivity contribution in [2.45, 2.75) is 37.9 Å². The lowest BCUT2D eigenvalue weighted by Crippen LogP contribution is -2.54. The molecule has 238 valence electrons. The predicted octanol–water partition coefficient (Wildman–Crippen LogP) is 3.44. The minimum Gasteiger partial charge on any atom is -0.443 e. The summed E-state index contributed by atoms with van der Waals surface area (Å²) in [4.78, 5) is 71.3. The third-order valence-corrected chi connectivity index (χ3v) is 7.61. The van der Waals surface area contributed by atoms with Gasteiger partial charge in [0.25, 0.3) is 11.4 Å². The molecule has 2 saturated heterocycles. The van der Waals surface area contributed by atoms with Crippen molar-refractivity contribution in [3.05, 3.63) is 79.9 Å². The first kappa shape index (κ1) is 32.8. The van der Waals surface area contributed by atoms with E-state index in [4.69, 9.17) is 9.47 Å². The Labute approximate surface area is 263 Å². The SMILES string of the molecule is CC(=NC(=O)OCc1ccc([N+](=O)[O-])cc1)N1CCN(C(=O)[C@@H]2C[C@H](S)CN2C=NC(=O)OCc2ccc([N+](=O)[O-])cc2)CC1. The predicted molar refractivity (Wildman–Crippen MR) is 164 cm³/mol. The van der Waals surface area contributed by atoms with Crippen LogP contribution in [0.1, 0.15) is 24.5 Å². The smallest absolute Gasteiger partial charge is 0.435 e. The van der Waals surface area contributed by atoms with E-state index in [0.29, 0.717) is 56.1 Å². The molecule has 2 aliphatic heterocycles. The minimum absolute atomic E-state index is 0.0609. The molecular formula is C28H31N7O9S. The largest absolute Gasteiger partial charge is 0.443 e. The molecule has 16 nitrogen and oxygen atoms in total. The van der Waals surface area contributed by atoms with Gasteiger partial charge in [-0.05, 0) is 48.7 Å². The van der Waals surface area contributed by atoms with Crippen molar-refractivity contribution in [1.29, 1.82) is 0 Å². The van der Waals surface area contributed by atoms with Crippen LogP contribution in [0, 0.1) is 20.2 Å². The van der Waals surface area contributed by atoms with E-state index in [9.17, 15) is 34.6 Å². The number of aliphatic imine (C=N–C) groups is 2. The topological polar surface area (TPSA) is 190 Å². The quantitative estimate of drug-likeness (QED) is 0.146. The van der Waals surface area contributed by atoms with E-state index in [1.165, 1.54) is 54.9 Å². The fourth-order valence-electron chi connectivity index (χ4n) is 4.78. The third-order valence-electron chi connectivity index (χ3n) is 7.23. The molecular weight excluding hydrogens is 610 g/mol. The number of rotatable bonds is 8. The van der Waals surface area contributed by atoms with Crippen molar-refractivity contribution in [3.63, 3.8) is 0 Å². The van der Waals surface area contributed by atoms with Crippen LogP contribution in [0.15, 0.2) is 58.5 Å². The number of nitrogens with zero attached hydrogens (tertiary/aromatic N) is 7. The number of nitro benzene ring substituents is 2. The van der Waals surface area contributed by atoms with Crippen LogP contribution in [0.3, 0.4) is 0 Å². The molecule has 0 aromatic heterocycles.